The van der Waals surface area contributed by atoms with Crippen LogP contribution in [-0.4, -0.2) is 24.4 Å². The second-order valence-electron chi connectivity index (χ2n) is 5.82. The molecule has 1 aliphatic heterocycles. The molecule has 1 aliphatic rings. The number of amides is 2. The van der Waals surface area contributed by atoms with Crippen molar-refractivity contribution >= 4 is 29.5 Å². The number of carbonyl (C=O) groups is 3. The van der Waals surface area contributed by atoms with Gasteiger partial charge in [0.05, 0.1) is 17.9 Å². The van der Waals surface area contributed by atoms with Gasteiger partial charge in [0, 0.05) is 0 Å². The van der Waals surface area contributed by atoms with E-state index in [4.69, 9.17) is 4.74 Å². The quantitative estimate of drug-likeness (QED) is 0.522. The van der Waals surface area contributed by atoms with Crippen molar-refractivity contribution in [3.63, 3.8) is 0 Å². The van der Waals surface area contributed by atoms with E-state index in [0.717, 1.165) is 16.1 Å². The minimum atomic E-state index is -0.468. The average molecular weight is 350 g/mol. The Hall–Kier alpha value is -3.41. The van der Waals surface area contributed by atoms with Gasteiger partial charge >= 0.3 is 5.97 Å². The van der Waals surface area contributed by atoms with Crippen LogP contribution in [0.4, 0.5) is 5.69 Å². The molecule has 0 unspecified atom stereocenters. The maximum atomic E-state index is 12.6. The van der Waals surface area contributed by atoms with E-state index in [2.05, 4.69) is 5.43 Å². The van der Waals surface area contributed by atoms with Crippen LogP contribution < -0.4 is 10.4 Å². The smallest absolute Gasteiger partial charge is 0.338 e. The fourth-order valence-electron chi connectivity index (χ4n) is 2.53. The highest BCUT2D eigenvalue weighted by molar-refractivity contribution is 6.31. The lowest BCUT2D eigenvalue weighted by atomic mass is 10.1. The summed E-state index contributed by atoms with van der Waals surface area (Å²) in [5.74, 6) is -1.35. The number of rotatable bonds is 4. The number of benzene rings is 2. The molecule has 2 amide bonds. The standard InChI is InChI=1S/C20H18N2O4/c1-3-26-20(25)15-8-10-16(11-9-15)22-19(24)17(18(23)21-22)12-14-6-4-13(2)5-7-14/h4-12H,3H2,1-2H3,(H,21,23)/b17-12+. The van der Waals surface area contributed by atoms with Gasteiger partial charge in [-0.05, 0) is 49.8 Å². The topological polar surface area (TPSA) is 75.7 Å². The van der Waals surface area contributed by atoms with E-state index in [1.54, 1.807) is 37.3 Å². The summed E-state index contributed by atoms with van der Waals surface area (Å²) in [6.07, 6.45) is 1.56. The van der Waals surface area contributed by atoms with Gasteiger partial charge in [0.25, 0.3) is 11.8 Å². The van der Waals surface area contributed by atoms with Crippen LogP contribution in [0.1, 0.15) is 28.4 Å². The number of ether oxygens (including phenoxy) is 1. The van der Waals surface area contributed by atoms with Crippen molar-refractivity contribution in [3.8, 4) is 0 Å². The number of esters is 1. The fourth-order valence-corrected chi connectivity index (χ4v) is 2.53. The first-order chi connectivity index (χ1) is 12.5. The number of hydrogen-bond acceptors (Lipinski definition) is 4. The highest BCUT2D eigenvalue weighted by Crippen LogP contribution is 2.22. The first-order valence-corrected chi connectivity index (χ1v) is 8.20. The first-order valence-electron chi connectivity index (χ1n) is 8.20. The van der Waals surface area contributed by atoms with Crippen molar-refractivity contribution < 1.29 is 19.1 Å². The van der Waals surface area contributed by atoms with E-state index in [1.165, 1.54) is 0 Å². The van der Waals surface area contributed by atoms with Crippen LogP contribution in [0, 0.1) is 6.92 Å². The van der Waals surface area contributed by atoms with Crippen molar-refractivity contribution in [3.05, 3.63) is 70.8 Å². The second kappa shape index (κ2) is 7.23. The summed E-state index contributed by atoms with van der Waals surface area (Å²) in [4.78, 5) is 36.5. The monoisotopic (exact) mass is 350 g/mol. The summed E-state index contributed by atoms with van der Waals surface area (Å²) >= 11 is 0. The Morgan fingerprint density at radius 1 is 1.08 bits per heavy atom. The van der Waals surface area contributed by atoms with Gasteiger partial charge in [-0.25, -0.2) is 9.80 Å². The van der Waals surface area contributed by atoms with Crippen molar-refractivity contribution in [2.24, 2.45) is 0 Å². The fraction of sp³-hybridized carbons (Fsp3) is 0.150. The Bertz CT molecular complexity index is 883. The van der Waals surface area contributed by atoms with Gasteiger partial charge in [0.2, 0.25) is 0 Å². The Kier molecular flexibility index (Phi) is 4.84. The van der Waals surface area contributed by atoms with Gasteiger partial charge < -0.3 is 4.74 Å². The lowest BCUT2D eigenvalue weighted by Crippen LogP contribution is -2.35. The summed E-state index contributed by atoms with van der Waals surface area (Å²) in [5, 5.41) is 1.16. The normalized spacial score (nSPS) is 15.3. The number of hydrazine groups is 1. The SMILES string of the molecule is CCOC(=O)c1ccc(N2NC(=O)/C(=C\c3ccc(C)cc3)C2=O)cc1. The Labute approximate surface area is 151 Å². The Balaban J connectivity index is 1.82. The highest BCUT2D eigenvalue weighted by Gasteiger charge is 2.34. The van der Waals surface area contributed by atoms with Gasteiger partial charge in [-0.1, -0.05) is 29.8 Å². The third-order valence-corrected chi connectivity index (χ3v) is 3.92. The molecule has 26 heavy (non-hydrogen) atoms. The first kappa shape index (κ1) is 17.4. The molecule has 0 bridgehead atoms. The van der Waals surface area contributed by atoms with Crippen LogP contribution in [0.25, 0.3) is 6.08 Å². The molecule has 3 rings (SSSR count). The van der Waals surface area contributed by atoms with Crippen LogP contribution in [0.2, 0.25) is 0 Å². The molecule has 0 spiro atoms. The number of nitrogens with zero attached hydrogens (tertiary/aromatic N) is 1. The molecule has 2 aromatic rings. The number of hydrogen-bond donors (Lipinski definition) is 1. The highest BCUT2D eigenvalue weighted by atomic mass is 16.5. The predicted octanol–water partition coefficient (Wildman–Crippen LogP) is 2.63. The zero-order valence-electron chi connectivity index (χ0n) is 14.5. The lowest BCUT2D eigenvalue weighted by Gasteiger charge is -2.14. The van der Waals surface area contributed by atoms with Crippen LogP contribution in [-0.2, 0) is 14.3 Å². The number of nitrogens with one attached hydrogen (secondary N) is 1. The molecule has 0 aliphatic carbocycles. The lowest BCUT2D eigenvalue weighted by molar-refractivity contribution is -0.117. The van der Waals surface area contributed by atoms with E-state index >= 15 is 0 Å². The van der Waals surface area contributed by atoms with Crippen molar-refractivity contribution in [1.82, 2.24) is 5.43 Å². The summed E-state index contributed by atoms with van der Waals surface area (Å²) in [7, 11) is 0. The largest absolute Gasteiger partial charge is 0.462 e. The third kappa shape index (κ3) is 3.49. The Morgan fingerprint density at radius 2 is 1.73 bits per heavy atom. The molecule has 1 fully saturated rings. The van der Waals surface area contributed by atoms with Crippen LogP contribution in [0.15, 0.2) is 54.1 Å². The van der Waals surface area contributed by atoms with Gasteiger partial charge in [-0.2, -0.15) is 0 Å². The van der Waals surface area contributed by atoms with Crippen LogP contribution >= 0.6 is 0 Å². The van der Waals surface area contributed by atoms with Gasteiger partial charge in [0.1, 0.15) is 5.57 Å². The second-order valence-corrected chi connectivity index (χ2v) is 5.82. The van der Waals surface area contributed by atoms with E-state index in [9.17, 15) is 14.4 Å². The summed E-state index contributed by atoms with van der Waals surface area (Å²) in [6, 6.07) is 13.8. The van der Waals surface area contributed by atoms with Crippen LogP contribution in [0.5, 0.6) is 0 Å². The summed E-state index contributed by atoms with van der Waals surface area (Å²) in [6.45, 7) is 3.98. The third-order valence-electron chi connectivity index (χ3n) is 3.92. The zero-order chi connectivity index (χ0) is 18.7. The van der Waals surface area contributed by atoms with Crippen molar-refractivity contribution in [1.29, 1.82) is 0 Å². The molecule has 0 saturated carbocycles. The minimum Gasteiger partial charge on any atom is -0.462 e. The molecule has 132 valence electrons. The van der Waals surface area contributed by atoms with Gasteiger partial charge in [0.15, 0.2) is 0 Å². The minimum absolute atomic E-state index is 0.0586. The number of anilines is 1. The summed E-state index contributed by atoms with van der Waals surface area (Å²) < 4.78 is 4.92. The molecule has 2 aromatic carbocycles. The number of aryl methyl sites for hydroxylation is 1. The Morgan fingerprint density at radius 3 is 2.35 bits per heavy atom. The predicted molar refractivity (Wildman–Crippen MR) is 97.2 cm³/mol. The zero-order valence-corrected chi connectivity index (χ0v) is 14.5. The molecule has 6 nitrogen and oxygen atoms in total. The summed E-state index contributed by atoms with van der Waals surface area (Å²) in [5.41, 5.74) is 5.30. The van der Waals surface area contributed by atoms with E-state index in [0.29, 0.717) is 11.3 Å². The molecular weight excluding hydrogens is 332 g/mol. The molecule has 0 atom stereocenters. The number of carbonyl (C=O) groups excluding carboxylic acids is 3. The van der Waals surface area contributed by atoms with Gasteiger partial charge in [-0.15, -0.1) is 0 Å². The molecule has 1 N–H and O–H groups in total. The van der Waals surface area contributed by atoms with Crippen molar-refractivity contribution in [2.75, 3.05) is 11.6 Å². The maximum Gasteiger partial charge on any atom is 0.338 e. The van der Waals surface area contributed by atoms with E-state index < -0.39 is 17.8 Å². The van der Waals surface area contributed by atoms with Crippen LogP contribution in [0.3, 0.4) is 0 Å². The molecule has 6 heteroatoms. The average Bonchev–Trinajstić information content (AvgIpc) is 2.92. The van der Waals surface area contributed by atoms with E-state index in [1.807, 2.05) is 31.2 Å². The van der Waals surface area contributed by atoms with E-state index in [-0.39, 0.29) is 12.2 Å². The van der Waals surface area contributed by atoms with Gasteiger partial charge in [-0.3, -0.25) is 15.0 Å². The maximum absolute atomic E-state index is 12.6. The molecule has 0 aromatic heterocycles. The molecule has 1 saturated heterocycles. The molecular formula is C20H18N2O4. The molecule has 1 heterocycles. The molecule has 0 radical (unpaired) electrons. The van der Waals surface area contributed by atoms with Crippen molar-refractivity contribution in [2.45, 2.75) is 13.8 Å².